The van der Waals surface area contributed by atoms with Crippen molar-refractivity contribution >= 4 is 27.0 Å². The number of aromatic nitrogens is 2. The van der Waals surface area contributed by atoms with Crippen molar-refractivity contribution < 1.29 is 13.2 Å². The van der Waals surface area contributed by atoms with Gasteiger partial charge in [0.15, 0.2) is 0 Å². The number of nitrogens with one attached hydrogen (secondary N) is 1. The number of carbonyl (C=O) groups is 1. The molecule has 0 saturated heterocycles. The Kier molecular flexibility index (Phi) is 6.10. The number of carbonyl (C=O) groups excluding carboxylic acids is 1. The fraction of sp³-hybridized carbons (Fsp3) is 0.200. The fourth-order valence-corrected chi connectivity index (χ4v) is 4.29. The first kappa shape index (κ1) is 21.8. The highest BCUT2D eigenvalue weighted by molar-refractivity contribution is 7.89. The van der Waals surface area contributed by atoms with Gasteiger partial charge in [0.05, 0.1) is 17.3 Å². The molecule has 0 radical (unpaired) electrons. The van der Waals surface area contributed by atoms with Gasteiger partial charge in [-0.15, -0.1) is 0 Å². The molecule has 0 bridgehead atoms. The highest BCUT2D eigenvalue weighted by atomic mass is 32.2. The summed E-state index contributed by atoms with van der Waals surface area (Å²) < 4.78 is 27.3. The van der Waals surface area contributed by atoms with E-state index in [0.29, 0.717) is 17.7 Å². The monoisotopic (exact) mass is 447 g/mol. The van der Waals surface area contributed by atoms with Gasteiger partial charge in [0.2, 0.25) is 10.0 Å². The molecule has 32 heavy (non-hydrogen) atoms. The van der Waals surface area contributed by atoms with Crippen molar-refractivity contribution in [3.63, 3.8) is 0 Å². The lowest BCUT2D eigenvalue weighted by Crippen LogP contribution is -2.29. The number of hydrogen-bond acceptors (Lipinski definition) is 4. The van der Waals surface area contributed by atoms with Gasteiger partial charge >= 0.3 is 0 Å². The molecule has 4 rings (SSSR count). The number of nitrogens with zero attached hydrogens (tertiary/aromatic N) is 2. The van der Waals surface area contributed by atoms with Gasteiger partial charge in [0, 0.05) is 18.5 Å². The molecule has 7 heteroatoms. The molecule has 0 atom stereocenters. The average molecular weight is 448 g/mol. The topological polar surface area (TPSA) is 81.1 Å². The minimum Gasteiger partial charge on any atom is -0.323 e. The van der Waals surface area contributed by atoms with Crippen LogP contribution in [0.15, 0.2) is 72.8 Å². The highest BCUT2D eigenvalue weighted by Crippen LogP contribution is 2.25. The predicted octanol–water partition coefficient (Wildman–Crippen LogP) is 4.39. The number of fused-ring (bicyclic) bond motifs is 1. The standard InChI is InChI=1S/C25H25N3O3S/c1-3-8-24-26-22-11-6-7-12-23(22)28(24)17-18-13-15-19(16-14-18)20-9-4-5-10-21(20)25(29)27-32(2,30)31/h4-7,9-16H,3,8,17H2,1-2H3,(H,27,29). The van der Waals surface area contributed by atoms with Gasteiger partial charge in [0.25, 0.3) is 5.91 Å². The zero-order chi connectivity index (χ0) is 22.7. The van der Waals surface area contributed by atoms with Crippen molar-refractivity contribution in [3.8, 4) is 11.1 Å². The predicted molar refractivity (Wildman–Crippen MR) is 127 cm³/mol. The van der Waals surface area contributed by atoms with E-state index in [9.17, 15) is 13.2 Å². The molecule has 0 aliphatic rings. The van der Waals surface area contributed by atoms with E-state index >= 15 is 0 Å². The van der Waals surface area contributed by atoms with Crippen LogP contribution in [0.3, 0.4) is 0 Å². The number of aryl methyl sites for hydroxylation is 1. The number of rotatable bonds is 7. The Hall–Kier alpha value is -3.45. The summed E-state index contributed by atoms with van der Waals surface area (Å²) in [6, 6.07) is 23.1. The summed E-state index contributed by atoms with van der Waals surface area (Å²) in [5.74, 6) is 0.432. The molecule has 1 N–H and O–H groups in total. The first-order chi connectivity index (χ1) is 15.4. The third-order valence-electron chi connectivity index (χ3n) is 5.26. The Morgan fingerprint density at radius 2 is 1.66 bits per heavy atom. The second-order valence-corrected chi connectivity index (χ2v) is 9.55. The molecule has 164 valence electrons. The van der Waals surface area contributed by atoms with Gasteiger partial charge in [0.1, 0.15) is 5.82 Å². The molecule has 1 amide bonds. The number of para-hydroxylation sites is 2. The quantitative estimate of drug-likeness (QED) is 0.455. The van der Waals surface area contributed by atoms with Crippen molar-refractivity contribution in [2.75, 3.05) is 6.26 Å². The molecule has 0 unspecified atom stereocenters. The molecule has 1 aromatic heterocycles. The third-order valence-corrected chi connectivity index (χ3v) is 5.82. The van der Waals surface area contributed by atoms with Gasteiger partial charge < -0.3 is 4.57 Å². The van der Waals surface area contributed by atoms with Crippen LogP contribution in [0.1, 0.15) is 35.1 Å². The van der Waals surface area contributed by atoms with Crippen LogP contribution in [-0.2, 0) is 23.0 Å². The summed E-state index contributed by atoms with van der Waals surface area (Å²) in [6.45, 7) is 2.85. The van der Waals surface area contributed by atoms with Crippen LogP contribution in [0.5, 0.6) is 0 Å². The van der Waals surface area contributed by atoms with E-state index in [1.165, 1.54) is 0 Å². The first-order valence-corrected chi connectivity index (χ1v) is 12.4. The van der Waals surface area contributed by atoms with Crippen LogP contribution >= 0.6 is 0 Å². The average Bonchev–Trinajstić information content (AvgIpc) is 3.10. The van der Waals surface area contributed by atoms with Gasteiger partial charge in [-0.3, -0.25) is 4.79 Å². The summed E-state index contributed by atoms with van der Waals surface area (Å²) in [5.41, 5.74) is 5.07. The largest absolute Gasteiger partial charge is 0.323 e. The number of sulfonamides is 1. The maximum atomic E-state index is 12.5. The fourth-order valence-electron chi connectivity index (χ4n) is 3.84. The van der Waals surface area contributed by atoms with Crippen molar-refractivity contribution in [3.05, 3.63) is 89.7 Å². The molecular weight excluding hydrogens is 422 g/mol. The summed E-state index contributed by atoms with van der Waals surface area (Å²) in [6.07, 6.45) is 2.90. The SMILES string of the molecule is CCCc1nc2ccccc2n1Cc1ccc(-c2ccccc2C(=O)NS(C)(=O)=O)cc1. The van der Waals surface area contributed by atoms with Gasteiger partial charge in [-0.2, -0.15) is 0 Å². The van der Waals surface area contributed by atoms with Crippen LogP contribution in [-0.4, -0.2) is 30.1 Å². The van der Waals surface area contributed by atoms with Crippen LogP contribution in [0.2, 0.25) is 0 Å². The zero-order valence-corrected chi connectivity index (χ0v) is 18.9. The molecule has 3 aromatic carbocycles. The zero-order valence-electron chi connectivity index (χ0n) is 18.1. The van der Waals surface area contributed by atoms with E-state index < -0.39 is 15.9 Å². The maximum Gasteiger partial charge on any atom is 0.265 e. The van der Waals surface area contributed by atoms with E-state index in [1.54, 1.807) is 12.1 Å². The normalized spacial score (nSPS) is 11.6. The molecule has 0 saturated carbocycles. The second-order valence-electron chi connectivity index (χ2n) is 7.80. The number of imidazole rings is 1. The Morgan fingerprint density at radius 1 is 0.969 bits per heavy atom. The van der Waals surface area contributed by atoms with E-state index in [4.69, 9.17) is 4.98 Å². The first-order valence-electron chi connectivity index (χ1n) is 10.5. The van der Waals surface area contributed by atoms with Crippen LogP contribution < -0.4 is 4.72 Å². The molecule has 0 fully saturated rings. The van der Waals surface area contributed by atoms with Crippen molar-refractivity contribution in [1.29, 1.82) is 0 Å². The van der Waals surface area contributed by atoms with Crippen LogP contribution in [0, 0.1) is 0 Å². The van der Waals surface area contributed by atoms with Crippen molar-refractivity contribution in [2.24, 2.45) is 0 Å². The highest BCUT2D eigenvalue weighted by Gasteiger charge is 2.16. The van der Waals surface area contributed by atoms with Crippen molar-refractivity contribution in [2.45, 2.75) is 26.3 Å². The van der Waals surface area contributed by atoms with Crippen LogP contribution in [0.4, 0.5) is 0 Å². The number of benzene rings is 3. The third kappa shape index (κ3) is 4.73. The van der Waals surface area contributed by atoms with Gasteiger partial charge in [-0.1, -0.05) is 61.5 Å². The molecule has 0 spiro atoms. The molecule has 0 aliphatic carbocycles. The number of amides is 1. The maximum absolute atomic E-state index is 12.5. The second kappa shape index (κ2) is 8.96. The molecule has 6 nitrogen and oxygen atoms in total. The summed E-state index contributed by atoms with van der Waals surface area (Å²) >= 11 is 0. The molecular formula is C25H25N3O3S. The minimum absolute atomic E-state index is 0.316. The summed E-state index contributed by atoms with van der Waals surface area (Å²) in [5, 5.41) is 0. The Bertz CT molecular complexity index is 1370. The minimum atomic E-state index is -3.64. The number of hydrogen-bond donors (Lipinski definition) is 1. The van der Waals surface area contributed by atoms with Gasteiger partial charge in [-0.05, 0) is 41.3 Å². The lowest BCUT2D eigenvalue weighted by Gasteiger charge is -2.12. The lowest BCUT2D eigenvalue weighted by molar-refractivity contribution is 0.0982. The molecule has 1 heterocycles. The van der Waals surface area contributed by atoms with Crippen LogP contribution in [0.25, 0.3) is 22.2 Å². The Balaban J connectivity index is 1.64. The van der Waals surface area contributed by atoms with E-state index in [-0.39, 0.29) is 0 Å². The lowest BCUT2D eigenvalue weighted by atomic mass is 9.98. The molecule has 0 aliphatic heterocycles. The van der Waals surface area contributed by atoms with E-state index in [0.717, 1.165) is 47.1 Å². The smallest absolute Gasteiger partial charge is 0.265 e. The summed E-state index contributed by atoms with van der Waals surface area (Å²) in [4.78, 5) is 17.2. The van der Waals surface area contributed by atoms with Gasteiger partial charge in [-0.25, -0.2) is 18.1 Å². The Morgan fingerprint density at radius 3 is 2.38 bits per heavy atom. The summed E-state index contributed by atoms with van der Waals surface area (Å²) in [7, 11) is -3.64. The van der Waals surface area contributed by atoms with E-state index in [1.807, 2.05) is 59.3 Å². The Labute approximate surface area is 188 Å². The van der Waals surface area contributed by atoms with Crippen molar-refractivity contribution in [1.82, 2.24) is 14.3 Å². The molecule has 4 aromatic rings. The van der Waals surface area contributed by atoms with E-state index in [2.05, 4.69) is 17.6 Å².